The molecule has 1 aliphatic carbocycles. The standard InChI is InChI=1S/C13H16BrN3O3/c1-2-3-4-8(13(19)20)15-12(18)11-9(14)10(16-17-11)7-5-6-7/h2,7-8H,1,3-6H2,(H,15,18)(H,16,17)(H,19,20). The number of hydrogen-bond acceptors (Lipinski definition) is 3. The summed E-state index contributed by atoms with van der Waals surface area (Å²) in [7, 11) is 0. The number of aromatic nitrogens is 2. The number of H-pyrrole nitrogens is 1. The maximum Gasteiger partial charge on any atom is 0.326 e. The highest BCUT2D eigenvalue weighted by atomic mass is 79.9. The van der Waals surface area contributed by atoms with Gasteiger partial charge in [-0.05, 0) is 41.6 Å². The highest BCUT2D eigenvalue weighted by molar-refractivity contribution is 9.10. The first-order valence-electron chi connectivity index (χ1n) is 6.43. The highest BCUT2D eigenvalue weighted by Crippen LogP contribution is 2.42. The summed E-state index contributed by atoms with van der Waals surface area (Å²) < 4.78 is 0.630. The highest BCUT2D eigenvalue weighted by Gasteiger charge is 2.31. The Kier molecular flexibility index (Phi) is 4.59. The summed E-state index contributed by atoms with van der Waals surface area (Å²) in [4.78, 5) is 23.2. The molecule has 0 spiro atoms. The SMILES string of the molecule is C=CCCC(NC(=O)c1n[nH]c(C2CC2)c1Br)C(=O)O. The van der Waals surface area contributed by atoms with Crippen molar-refractivity contribution in [1.29, 1.82) is 0 Å². The normalized spacial score (nSPS) is 15.7. The smallest absolute Gasteiger partial charge is 0.326 e. The molecule has 2 rings (SSSR count). The van der Waals surface area contributed by atoms with Gasteiger partial charge in [0.2, 0.25) is 0 Å². The van der Waals surface area contributed by atoms with Gasteiger partial charge in [-0.1, -0.05) is 6.08 Å². The number of carbonyl (C=O) groups excluding carboxylic acids is 1. The van der Waals surface area contributed by atoms with Crippen molar-refractivity contribution >= 4 is 27.8 Å². The maximum atomic E-state index is 12.1. The predicted octanol–water partition coefficient (Wildman–Crippen LogP) is 2.20. The molecule has 1 heterocycles. The molecule has 0 aromatic carbocycles. The van der Waals surface area contributed by atoms with Crippen LogP contribution in [-0.2, 0) is 4.79 Å². The summed E-state index contributed by atoms with van der Waals surface area (Å²) in [5, 5.41) is 18.4. The molecule has 1 amide bonds. The van der Waals surface area contributed by atoms with Crippen LogP contribution in [0, 0.1) is 0 Å². The Morgan fingerprint density at radius 1 is 1.60 bits per heavy atom. The van der Waals surface area contributed by atoms with E-state index in [1.165, 1.54) is 0 Å². The van der Waals surface area contributed by atoms with Gasteiger partial charge in [0.15, 0.2) is 5.69 Å². The van der Waals surface area contributed by atoms with Gasteiger partial charge in [-0.3, -0.25) is 9.89 Å². The molecule has 1 fully saturated rings. The largest absolute Gasteiger partial charge is 0.480 e. The predicted molar refractivity (Wildman–Crippen MR) is 76.6 cm³/mol. The third kappa shape index (κ3) is 3.27. The molecule has 1 atom stereocenters. The van der Waals surface area contributed by atoms with E-state index in [1.54, 1.807) is 6.08 Å². The Morgan fingerprint density at radius 2 is 2.30 bits per heavy atom. The van der Waals surface area contributed by atoms with Crippen molar-refractivity contribution in [2.24, 2.45) is 0 Å². The number of nitrogens with zero attached hydrogens (tertiary/aromatic N) is 1. The van der Waals surface area contributed by atoms with Gasteiger partial charge in [0, 0.05) is 5.92 Å². The van der Waals surface area contributed by atoms with E-state index in [0.717, 1.165) is 18.5 Å². The molecule has 6 nitrogen and oxygen atoms in total. The lowest BCUT2D eigenvalue weighted by Crippen LogP contribution is -2.40. The van der Waals surface area contributed by atoms with Gasteiger partial charge in [0.25, 0.3) is 5.91 Å². The van der Waals surface area contributed by atoms with Crippen molar-refractivity contribution in [3.8, 4) is 0 Å². The Bertz CT molecular complexity index is 537. The topological polar surface area (TPSA) is 95.1 Å². The fourth-order valence-corrected chi connectivity index (χ4v) is 2.58. The van der Waals surface area contributed by atoms with E-state index in [9.17, 15) is 9.59 Å². The number of carboxylic acid groups (broad SMARTS) is 1. The lowest BCUT2D eigenvalue weighted by molar-refractivity contribution is -0.139. The first kappa shape index (κ1) is 14.8. The number of carbonyl (C=O) groups is 2. The minimum atomic E-state index is -1.06. The average Bonchev–Trinajstić information content (AvgIpc) is 3.17. The quantitative estimate of drug-likeness (QED) is 0.662. The number of aliphatic carboxylic acids is 1. The van der Waals surface area contributed by atoms with Crippen molar-refractivity contribution in [2.45, 2.75) is 37.6 Å². The van der Waals surface area contributed by atoms with Crippen LogP contribution in [0.1, 0.15) is 47.8 Å². The van der Waals surface area contributed by atoms with Crippen LogP contribution in [-0.4, -0.2) is 33.2 Å². The summed E-state index contributed by atoms with van der Waals surface area (Å²) >= 11 is 3.35. The van der Waals surface area contributed by atoms with Crippen molar-refractivity contribution in [3.05, 3.63) is 28.5 Å². The number of allylic oxidation sites excluding steroid dienone is 1. The van der Waals surface area contributed by atoms with Crippen molar-refractivity contribution in [1.82, 2.24) is 15.5 Å². The van der Waals surface area contributed by atoms with Crippen LogP contribution in [0.15, 0.2) is 17.1 Å². The molecule has 1 unspecified atom stereocenters. The van der Waals surface area contributed by atoms with E-state index < -0.39 is 17.9 Å². The lowest BCUT2D eigenvalue weighted by atomic mass is 10.1. The zero-order valence-corrected chi connectivity index (χ0v) is 12.4. The monoisotopic (exact) mass is 341 g/mol. The first-order valence-corrected chi connectivity index (χ1v) is 7.22. The van der Waals surface area contributed by atoms with E-state index >= 15 is 0 Å². The number of rotatable bonds is 7. The van der Waals surface area contributed by atoms with Crippen LogP contribution in [0.25, 0.3) is 0 Å². The molecule has 0 bridgehead atoms. The number of halogens is 1. The molecule has 0 saturated heterocycles. The number of nitrogens with one attached hydrogen (secondary N) is 2. The molecular formula is C13H16BrN3O3. The van der Waals surface area contributed by atoms with Gasteiger partial charge >= 0.3 is 5.97 Å². The van der Waals surface area contributed by atoms with Crippen LogP contribution in [0.2, 0.25) is 0 Å². The summed E-state index contributed by atoms with van der Waals surface area (Å²) in [6.07, 6.45) is 4.62. The second-order valence-corrected chi connectivity index (χ2v) is 5.60. The van der Waals surface area contributed by atoms with Crippen LogP contribution in [0.4, 0.5) is 0 Å². The molecule has 7 heteroatoms. The van der Waals surface area contributed by atoms with E-state index in [0.29, 0.717) is 23.2 Å². The summed E-state index contributed by atoms with van der Waals surface area (Å²) in [5.74, 6) is -1.12. The number of aromatic amines is 1. The Labute approximate surface area is 124 Å². The van der Waals surface area contributed by atoms with Gasteiger partial charge < -0.3 is 10.4 Å². The summed E-state index contributed by atoms with van der Waals surface area (Å²) in [5.41, 5.74) is 1.12. The second kappa shape index (κ2) is 6.21. The molecule has 0 radical (unpaired) electrons. The van der Waals surface area contributed by atoms with Crippen LogP contribution < -0.4 is 5.32 Å². The number of carboxylic acids is 1. The molecular weight excluding hydrogens is 326 g/mol. The van der Waals surface area contributed by atoms with E-state index in [-0.39, 0.29) is 5.69 Å². The summed E-state index contributed by atoms with van der Waals surface area (Å²) in [6, 6.07) is -0.937. The Morgan fingerprint density at radius 3 is 2.85 bits per heavy atom. The van der Waals surface area contributed by atoms with Crippen LogP contribution >= 0.6 is 15.9 Å². The molecule has 1 aliphatic rings. The lowest BCUT2D eigenvalue weighted by Gasteiger charge is -2.12. The molecule has 1 saturated carbocycles. The van der Waals surface area contributed by atoms with Crippen LogP contribution in [0.5, 0.6) is 0 Å². The Balaban J connectivity index is 2.06. The minimum absolute atomic E-state index is 0.205. The van der Waals surface area contributed by atoms with Gasteiger partial charge in [-0.15, -0.1) is 6.58 Å². The zero-order valence-electron chi connectivity index (χ0n) is 10.9. The molecule has 108 valence electrons. The first-order chi connectivity index (χ1) is 9.54. The molecule has 3 N–H and O–H groups in total. The average molecular weight is 342 g/mol. The van der Waals surface area contributed by atoms with Gasteiger partial charge in [-0.25, -0.2) is 4.79 Å². The molecule has 0 aliphatic heterocycles. The molecule has 20 heavy (non-hydrogen) atoms. The van der Waals surface area contributed by atoms with E-state index in [2.05, 4.69) is 38.0 Å². The van der Waals surface area contributed by atoms with Gasteiger partial charge in [0.05, 0.1) is 10.2 Å². The maximum absolute atomic E-state index is 12.1. The van der Waals surface area contributed by atoms with Gasteiger partial charge in [-0.2, -0.15) is 5.10 Å². The van der Waals surface area contributed by atoms with Gasteiger partial charge in [0.1, 0.15) is 6.04 Å². The second-order valence-electron chi connectivity index (χ2n) is 4.80. The fraction of sp³-hybridized carbons (Fsp3) is 0.462. The van der Waals surface area contributed by atoms with Crippen LogP contribution in [0.3, 0.4) is 0 Å². The minimum Gasteiger partial charge on any atom is -0.480 e. The van der Waals surface area contributed by atoms with Crippen molar-refractivity contribution in [2.75, 3.05) is 0 Å². The number of hydrogen-bond donors (Lipinski definition) is 3. The van der Waals surface area contributed by atoms with E-state index in [4.69, 9.17) is 5.11 Å². The fourth-order valence-electron chi connectivity index (χ4n) is 1.90. The molecule has 1 aromatic heterocycles. The zero-order chi connectivity index (χ0) is 14.7. The summed E-state index contributed by atoms with van der Waals surface area (Å²) in [6.45, 7) is 3.54. The third-order valence-corrected chi connectivity index (χ3v) is 4.00. The molecule has 1 aromatic rings. The third-order valence-electron chi connectivity index (χ3n) is 3.20. The van der Waals surface area contributed by atoms with Crippen molar-refractivity contribution in [3.63, 3.8) is 0 Å². The Hall–Kier alpha value is -1.63. The van der Waals surface area contributed by atoms with E-state index in [1.807, 2.05) is 0 Å². The van der Waals surface area contributed by atoms with Crippen molar-refractivity contribution < 1.29 is 14.7 Å². The number of amides is 1.